The van der Waals surface area contributed by atoms with E-state index in [0.717, 1.165) is 19.1 Å². The molecule has 1 aliphatic carbocycles. The Kier molecular flexibility index (Phi) is 5.84. The van der Waals surface area contributed by atoms with Crippen LogP contribution in [0.4, 0.5) is 0 Å². The molecule has 0 aromatic rings. The molecule has 0 fully saturated rings. The molecule has 0 spiro atoms. The Bertz CT molecular complexity index is 510. The molecule has 0 saturated carbocycles. The minimum atomic E-state index is -1.54. The van der Waals surface area contributed by atoms with Crippen molar-refractivity contribution in [2.45, 2.75) is 71.0 Å². The molecule has 0 bridgehead atoms. The van der Waals surface area contributed by atoms with Crippen LogP contribution in [0.3, 0.4) is 0 Å². The lowest BCUT2D eigenvalue weighted by Crippen LogP contribution is -2.35. The van der Waals surface area contributed by atoms with E-state index in [-0.39, 0.29) is 0 Å². The molecule has 0 aromatic carbocycles. The van der Waals surface area contributed by atoms with E-state index in [4.69, 9.17) is 0 Å². The van der Waals surface area contributed by atoms with Crippen LogP contribution < -0.4 is 0 Å². The summed E-state index contributed by atoms with van der Waals surface area (Å²) in [5.74, 6) is 9.75. The summed E-state index contributed by atoms with van der Waals surface area (Å²) in [6.45, 7) is 11.5. The Labute approximate surface area is 125 Å². The summed E-state index contributed by atoms with van der Waals surface area (Å²) in [6, 6.07) is 0. The van der Waals surface area contributed by atoms with Gasteiger partial charge in [0.15, 0.2) is 0 Å². The number of carbonyl (C=O) groups excluding carboxylic acids is 1. The van der Waals surface area contributed by atoms with Crippen LogP contribution in [0, 0.1) is 23.3 Å². The summed E-state index contributed by atoms with van der Waals surface area (Å²) < 4.78 is 0. The number of allylic oxidation sites excluding steroid dienone is 2. The smallest absolute Gasteiger partial charge is 0.138 e. The zero-order valence-corrected chi connectivity index (χ0v) is 14.5. The van der Waals surface area contributed by atoms with Crippen molar-refractivity contribution in [3.05, 3.63) is 11.1 Å². The predicted molar refractivity (Wildman–Crippen MR) is 88.9 cm³/mol. The average molecular weight is 286 g/mol. The van der Waals surface area contributed by atoms with E-state index in [2.05, 4.69) is 57.2 Å². The van der Waals surface area contributed by atoms with Gasteiger partial charge in [0.2, 0.25) is 0 Å². The molecule has 1 aliphatic rings. The van der Waals surface area contributed by atoms with Gasteiger partial charge in [-0.25, -0.2) is 0 Å². The first-order chi connectivity index (χ1) is 9.28. The molecule has 0 radical (unpaired) electrons. The van der Waals surface area contributed by atoms with Crippen molar-refractivity contribution >= 4 is 14.4 Å². The van der Waals surface area contributed by atoms with Crippen LogP contribution in [-0.4, -0.2) is 14.4 Å². The monoisotopic (exact) mass is 286 g/mol. The van der Waals surface area contributed by atoms with Gasteiger partial charge in [0, 0.05) is 24.0 Å². The van der Waals surface area contributed by atoms with Gasteiger partial charge < -0.3 is 4.79 Å². The topological polar surface area (TPSA) is 17.1 Å². The second kappa shape index (κ2) is 6.96. The summed E-state index contributed by atoms with van der Waals surface area (Å²) in [6.07, 6.45) is 5.41. The fraction of sp³-hybridized carbons (Fsp3) is 0.611. The maximum atomic E-state index is 10.3. The third-order valence-electron chi connectivity index (χ3n) is 4.25. The fourth-order valence-corrected chi connectivity index (χ4v) is 2.58. The highest BCUT2D eigenvalue weighted by Gasteiger charge is 2.33. The van der Waals surface area contributed by atoms with Crippen LogP contribution in [0.5, 0.6) is 0 Å². The Morgan fingerprint density at radius 2 is 1.75 bits per heavy atom. The Hall–Kier alpha value is -1.25. The van der Waals surface area contributed by atoms with Gasteiger partial charge in [-0.3, -0.25) is 0 Å². The molecule has 0 unspecified atom stereocenters. The van der Waals surface area contributed by atoms with Crippen LogP contribution in [0.15, 0.2) is 11.1 Å². The second-order valence-corrected chi connectivity index (χ2v) is 11.9. The minimum absolute atomic E-state index is 0.301. The lowest BCUT2D eigenvalue weighted by Gasteiger charge is -2.31. The third-order valence-corrected chi connectivity index (χ3v) is 8.75. The summed E-state index contributed by atoms with van der Waals surface area (Å²) in [5.41, 5.74) is 6.03. The zero-order valence-electron chi connectivity index (χ0n) is 13.5. The van der Waals surface area contributed by atoms with Crippen LogP contribution in [0.2, 0.25) is 18.1 Å². The maximum absolute atomic E-state index is 10.3. The molecular formula is C18H26OSi. The highest BCUT2D eigenvalue weighted by atomic mass is 28.3. The second-order valence-electron chi connectivity index (χ2n) is 6.94. The van der Waals surface area contributed by atoms with Crippen LogP contribution in [-0.2, 0) is 4.79 Å². The van der Waals surface area contributed by atoms with E-state index >= 15 is 0 Å². The van der Waals surface area contributed by atoms with E-state index < -0.39 is 8.07 Å². The molecule has 0 aliphatic heterocycles. The standard InChI is InChI=1S/C18H26OSi/c1-18(2,3)20(4,5)15-13-17-12-9-11-16(17)10-7-6-8-14-19/h14H,6,8-9,11-12H2,1-5H3. The van der Waals surface area contributed by atoms with Crippen LogP contribution >= 0.6 is 0 Å². The van der Waals surface area contributed by atoms with Gasteiger partial charge >= 0.3 is 0 Å². The van der Waals surface area contributed by atoms with E-state index in [1.54, 1.807) is 0 Å². The number of unbranched alkanes of at least 4 members (excludes halogenated alkanes) is 1. The number of carbonyl (C=O) groups is 1. The van der Waals surface area contributed by atoms with Crippen molar-refractivity contribution in [3.63, 3.8) is 0 Å². The van der Waals surface area contributed by atoms with E-state index in [0.29, 0.717) is 17.9 Å². The molecule has 2 heteroatoms. The third kappa shape index (κ3) is 4.69. The van der Waals surface area contributed by atoms with Gasteiger partial charge in [-0.15, -0.1) is 5.54 Å². The lowest BCUT2D eigenvalue weighted by atomic mass is 10.1. The molecule has 0 aromatic heterocycles. The molecule has 0 atom stereocenters. The van der Waals surface area contributed by atoms with E-state index in [9.17, 15) is 4.79 Å². The quantitative estimate of drug-likeness (QED) is 0.316. The molecular weight excluding hydrogens is 260 g/mol. The Morgan fingerprint density at radius 3 is 2.30 bits per heavy atom. The van der Waals surface area contributed by atoms with Crippen molar-refractivity contribution < 1.29 is 4.79 Å². The summed E-state index contributed by atoms with van der Waals surface area (Å²) >= 11 is 0. The van der Waals surface area contributed by atoms with Gasteiger partial charge in [0.1, 0.15) is 14.4 Å². The van der Waals surface area contributed by atoms with Gasteiger partial charge in [0.25, 0.3) is 0 Å². The molecule has 0 N–H and O–H groups in total. The van der Waals surface area contributed by atoms with Gasteiger partial charge in [-0.05, 0) is 24.3 Å². The zero-order chi connectivity index (χ0) is 15.2. The van der Waals surface area contributed by atoms with Gasteiger partial charge in [-0.1, -0.05) is 51.6 Å². The van der Waals surface area contributed by atoms with Crippen molar-refractivity contribution in [2.75, 3.05) is 0 Å². The van der Waals surface area contributed by atoms with E-state index in [1.807, 2.05) is 0 Å². The number of hydrogen-bond donors (Lipinski definition) is 0. The van der Waals surface area contributed by atoms with Crippen molar-refractivity contribution in [1.29, 1.82) is 0 Å². The molecule has 20 heavy (non-hydrogen) atoms. The van der Waals surface area contributed by atoms with Crippen LogP contribution in [0.25, 0.3) is 0 Å². The molecule has 1 rings (SSSR count). The molecule has 108 valence electrons. The first-order valence-corrected chi connectivity index (χ1v) is 10.5. The first-order valence-electron chi connectivity index (χ1n) is 7.45. The first kappa shape index (κ1) is 16.8. The average Bonchev–Trinajstić information content (AvgIpc) is 2.78. The maximum Gasteiger partial charge on any atom is 0.138 e. The molecule has 0 saturated heterocycles. The molecule has 0 heterocycles. The SMILES string of the molecule is CC(C)(C)[Si](C)(C)C#CC1=C(C#CCCC=O)CCC1. The lowest BCUT2D eigenvalue weighted by molar-refractivity contribution is -0.107. The molecule has 1 nitrogen and oxygen atoms in total. The summed E-state index contributed by atoms with van der Waals surface area (Å²) in [5, 5.41) is 0.301. The summed E-state index contributed by atoms with van der Waals surface area (Å²) in [7, 11) is -1.54. The van der Waals surface area contributed by atoms with Crippen molar-refractivity contribution in [1.82, 2.24) is 0 Å². The van der Waals surface area contributed by atoms with Gasteiger partial charge in [-0.2, -0.15) is 0 Å². The highest BCUT2D eigenvalue weighted by molar-refractivity contribution is 6.87. The van der Waals surface area contributed by atoms with E-state index in [1.165, 1.54) is 17.6 Å². The van der Waals surface area contributed by atoms with Crippen molar-refractivity contribution in [2.24, 2.45) is 0 Å². The van der Waals surface area contributed by atoms with Gasteiger partial charge in [0.05, 0.1) is 0 Å². The number of aldehydes is 1. The van der Waals surface area contributed by atoms with Crippen LogP contribution in [0.1, 0.15) is 52.9 Å². The number of rotatable bonds is 2. The number of hydrogen-bond acceptors (Lipinski definition) is 1. The predicted octanol–water partition coefficient (Wildman–Crippen LogP) is 4.50. The Balaban J connectivity index is 2.89. The Morgan fingerprint density at radius 1 is 1.15 bits per heavy atom. The summed E-state index contributed by atoms with van der Waals surface area (Å²) in [4.78, 5) is 10.3. The van der Waals surface area contributed by atoms with Crippen molar-refractivity contribution in [3.8, 4) is 23.3 Å². The normalized spacial score (nSPS) is 15.2. The largest absolute Gasteiger partial charge is 0.303 e. The minimum Gasteiger partial charge on any atom is -0.303 e. The fourth-order valence-electron chi connectivity index (χ4n) is 1.74. The highest BCUT2D eigenvalue weighted by Crippen LogP contribution is 2.35. The molecule has 0 amide bonds.